The highest BCUT2D eigenvalue weighted by Crippen LogP contribution is 2.28. The Hall–Kier alpha value is -4.85. The first-order chi connectivity index (χ1) is 20.3. The monoisotopic (exact) mass is 569 g/mol. The first-order valence-electron chi connectivity index (χ1n) is 14.0. The number of ketones is 1. The molecule has 8 nitrogen and oxygen atoms in total. The Morgan fingerprint density at radius 3 is 2.21 bits per heavy atom. The third-order valence-corrected chi connectivity index (χ3v) is 6.80. The summed E-state index contributed by atoms with van der Waals surface area (Å²) in [5.41, 5.74) is 4.10. The van der Waals surface area contributed by atoms with Crippen LogP contribution in [0.15, 0.2) is 72.9 Å². The lowest BCUT2D eigenvalue weighted by Crippen LogP contribution is -2.03. The van der Waals surface area contributed by atoms with Crippen molar-refractivity contribution in [3.05, 3.63) is 95.2 Å². The van der Waals surface area contributed by atoms with Crippen molar-refractivity contribution in [1.29, 1.82) is 0 Å². The number of carboxylic acids is 2. The van der Waals surface area contributed by atoms with Crippen LogP contribution < -0.4 is 9.47 Å². The molecule has 0 amide bonds. The zero-order valence-electron chi connectivity index (χ0n) is 23.6. The fourth-order valence-corrected chi connectivity index (χ4v) is 4.74. The standard InChI is InChI=1S/C34H35NO7/c1-24(36)27-8-4-9-30(21-27)42-20-3-2-19-41-29-16-13-25(14-17-29)12-15-26-7-5-10-31-34(26)28(22-33(39)40)23-35(31)18-6-11-32(37)38/h4-5,7-10,12-17,21,23H,2-3,6,11,18-20,22H2,1H3,(H,37,38)(H,39,40)/b15-12+. The van der Waals surface area contributed by atoms with Gasteiger partial charge in [0.1, 0.15) is 11.5 Å². The highest BCUT2D eigenvalue weighted by Gasteiger charge is 2.14. The molecule has 218 valence electrons. The molecule has 0 unspecified atom stereocenters. The van der Waals surface area contributed by atoms with Crippen LogP contribution in [0.4, 0.5) is 0 Å². The average Bonchev–Trinajstić information content (AvgIpc) is 3.31. The van der Waals surface area contributed by atoms with Gasteiger partial charge in [-0.2, -0.15) is 0 Å². The van der Waals surface area contributed by atoms with Gasteiger partial charge < -0.3 is 24.3 Å². The van der Waals surface area contributed by atoms with Gasteiger partial charge in [-0.1, -0.05) is 48.6 Å². The second-order valence-corrected chi connectivity index (χ2v) is 10.0. The van der Waals surface area contributed by atoms with Crippen LogP contribution in [0, 0.1) is 0 Å². The minimum Gasteiger partial charge on any atom is -0.494 e. The number of unbranched alkanes of at least 4 members (excludes halogenated alkanes) is 1. The third kappa shape index (κ3) is 8.57. The lowest BCUT2D eigenvalue weighted by molar-refractivity contribution is -0.137. The molecular weight excluding hydrogens is 534 g/mol. The van der Waals surface area contributed by atoms with E-state index in [9.17, 15) is 19.5 Å². The molecule has 1 aromatic heterocycles. The smallest absolute Gasteiger partial charge is 0.307 e. The molecule has 0 saturated carbocycles. The fraction of sp³-hybridized carbons (Fsp3) is 0.265. The van der Waals surface area contributed by atoms with Crippen molar-refractivity contribution in [2.45, 2.75) is 45.6 Å². The van der Waals surface area contributed by atoms with E-state index in [0.717, 1.165) is 40.6 Å². The summed E-state index contributed by atoms with van der Waals surface area (Å²) in [5.74, 6) is -0.294. The van der Waals surface area contributed by atoms with Crippen molar-refractivity contribution in [1.82, 2.24) is 4.57 Å². The number of hydrogen-bond acceptors (Lipinski definition) is 5. The molecule has 3 aromatic carbocycles. The number of rotatable bonds is 16. The van der Waals surface area contributed by atoms with Crippen LogP contribution in [0.25, 0.3) is 23.1 Å². The number of carboxylic acid groups (broad SMARTS) is 2. The first kappa shape index (κ1) is 30.1. The molecule has 0 aliphatic carbocycles. The molecule has 2 N–H and O–H groups in total. The molecule has 4 rings (SSSR count). The molecule has 0 spiro atoms. The van der Waals surface area contributed by atoms with E-state index in [1.165, 1.54) is 6.92 Å². The number of fused-ring (bicyclic) bond motifs is 1. The molecule has 0 bridgehead atoms. The Morgan fingerprint density at radius 1 is 0.810 bits per heavy atom. The van der Waals surface area contributed by atoms with Crippen LogP contribution >= 0.6 is 0 Å². The van der Waals surface area contributed by atoms with Crippen molar-refractivity contribution in [3.8, 4) is 11.5 Å². The molecule has 1 heterocycles. The van der Waals surface area contributed by atoms with Gasteiger partial charge in [-0.05, 0) is 73.2 Å². The highest BCUT2D eigenvalue weighted by molar-refractivity contribution is 5.96. The van der Waals surface area contributed by atoms with Crippen molar-refractivity contribution >= 4 is 40.8 Å². The van der Waals surface area contributed by atoms with E-state index < -0.39 is 11.9 Å². The Balaban J connectivity index is 1.32. The zero-order chi connectivity index (χ0) is 29.9. The molecule has 42 heavy (non-hydrogen) atoms. The molecule has 0 saturated heterocycles. The number of carbonyl (C=O) groups is 3. The summed E-state index contributed by atoms with van der Waals surface area (Å²) >= 11 is 0. The van der Waals surface area contributed by atoms with Crippen LogP contribution in [0.2, 0.25) is 0 Å². The zero-order valence-corrected chi connectivity index (χ0v) is 23.6. The number of aromatic nitrogens is 1. The molecular formula is C34H35NO7. The SMILES string of the molecule is CC(=O)c1cccc(OCCCCOc2ccc(/C=C/c3cccc4c3c(CC(=O)O)cn4CCCC(=O)O)cc2)c1. The lowest BCUT2D eigenvalue weighted by atomic mass is 10.0. The molecule has 0 aliphatic rings. The maximum absolute atomic E-state index is 11.5. The Morgan fingerprint density at radius 2 is 1.52 bits per heavy atom. The predicted molar refractivity (Wildman–Crippen MR) is 162 cm³/mol. The Bertz CT molecular complexity index is 1570. The van der Waals surface area contributed by atoms with E-state index in [-0.39, 0.29) is 18.6 Å². The van der Waals surface area contributed by atoms with Gasteiger partial charge in [0.15, 0.2) is 5.78 Å². The minimum atomic E-state index is -0.916. The number of nitrogens with zero attached hydrogens (tertiary/aromatic N) is 1. The maximum Gasteiger partial charge on any atom is 0.307 e. The molecule has 0 atom stereocenters. The van der Waals surface area contributed by atoms with Gasteiger partial charge in [0.2, 0.25) is 0 Å². The van der Waals surface area contributed by atoms with E-state index in [0.29, 0.717) is 43.1 Å². The van der Waals surface area contributed by atoms with Crippen molar-refractivity contribution in [2.75, 3.05) is 13.2 Å². The predicted octanol–water partition coefficient (Wildman–Crippen LogP) is 6.74. The number of aryl methyl sites for hydroxylation is 1. The van der Waals surface area contributed by atoms with E-state index in [4.69, 9.17) is 14.6 Å². The number of ether oxygens (including phenoxy) is 2. The second kappa shape index (κ2) is 14.7. The summed E-state index contributed by atoms with van der Waals surface area (Å²) in [5, 5.41) is 19.3. The van der Waals surface area contributed by atoms with Gasteiger partial charge in [-0.3, -0.25) is 14.4 Å². The lowest BCUT2D eigenvalue weighted by Gasteiger charge is -2.08. The summed E-state index contributed by atoms with van der Waals surface area (Å²) in [7, 11) is 0. The van der Waals surface area contributed by atoms with Gasteiger partial charge in [0.25, 0.3) is 0 Å². The topological polar surface area (TPSA) is 115 Å². The number of benzene rings is 3. The van der Waals surface area contributed by atoms with Crippen LogP contribution in [-0.4, -0.2) is 45.7 Å². The van der Waals surface area contributed by atoms with E-state index >= 15 is 0 Å². The number of Topliss-reactive ketones (excluding diaryl/α,β-unsaturated/α-hetero) is 1. The average molecular weight is 570 g/mol. The van der Waals surface area contributed by atoms with Gasteiger partial charge in [0, 0.05) is 35.6 Å². The molecule has 4 aromatic rings. The second-order valence-electron chi connectivity index (χ2n) is 10.0. The maximum atomic E-state index is 11.5. The summed E-state index contributed by atoms with van der Waals surface area (Å²) in [6.45, 7) is 3.14. The molecule has 0 radical (unpaired) electrons. The van der Waals surface area contributed by atoms with Crippen LogP contribution in [0.3, 0.4) is 0 Å². The van der Waals surface area contributed by atoms with Crippen molar-refractivity contribution in [2.24, 2.45) is 0 Å². The Labute approximate surface area is 244 Å². The molecule has 0 aliphatic heterocycles. The van der Waals surface area contributed by atoms with Crippen molar-refractivity contribution in [3.63, 3.8) is 0 Å². The molecule has 0 fully saturated rings. The summed E-state index contributed by atoms with van der Waals surface area (Å²) < 4.78 is 13.6. The van der Waals surface area contributed by atoms with Crippen LogP contribution in [0.1, 0.15) is 59.7 Å². The minimum absolute atomic E-state index is 0.0130. The van der Waals surface area contributed by atoms with Gasteiger partial charge >= 0.3 is 11.9 Å². The van der Waals surface area contributed by atoms with Crippen molar-refractivity contribution < 1.29 is 34.1 Å². The summed E-state index contributed by atoms with van der Waals surface area (Å²) in [4.78, 5) is 34.0. The van der Waals surface area contributed by atoms with Gasteiger partial charge in [-0.15, -0.1) is 0 Å². The normalized spacial score (nSPS) is 11.2. The summed E-state index contributed by atoms with van der Waals surface area (Å²) in [6, 6.07) is 20.8. The number of aliphatic carboxylic acids is 2. The largest absolute Gasteiger partial charge is 0.494 e. The number of hydrogen-bond donors (Lipinski definition) is 2. The van der Waals surface area contributed by atoms with Gasteiger partial charge in [-0.25, -0.2) is 0 Å². The van der Waals surface area contributed by atoms with Crippen LogP contribution in [-0.2, 0) is 22.6 Å². The third-order valence-electron chi connectivity index (χ3n) is 6.80. The van der Waals surface area contributed by atoms with E-state index in [1.54, 1.807) is 12.1 Å². The Kier molecular flexibility index (Phi) is 10.5. The highest BCUT2D eigenvalue weighted by atomic mass is 16.5. The van der Waals surface area contributed by atoms with E-state index in [2.05, 4.69) is 0 Å². The summed E-state index contributed by atoms with van der Waals surface area (Å²) in [6.07, 6.45) is 7.82. The molecule has 8 heteroatoms. The van der Waals surface area contributed by atoms with E-state index in [1.807, 2.05) is 77.5 Å². The van der Waals surface area contributed by atoms with Crippen LogP contribution in [0.5, 0.6) is 11.5 Å². The number of carbonyl (C=O) groups excluding carboxylic acids is 1. The van der Waals surface area contributed by atoms with Gasteiger partial charge in [0.05, 0.1) is 19.6 Å². The first-order valence-corrected chi connectivity index (χ1v) is 14.0. The quantitative estimate of drug-likeness (QED) is 0.0872. The fourth-order valence-electron chi connectivity index (χ4n) is 4.74.